The van der Waals surface area contributed by atoms with Crippen molar-refractivity contribution in [2.24, 2.45) is 0 Å². The molecule has 0 saturated carbocycles. The highest BCUT2D eigenvalue weighted by molar-refractivity contribution is 7.00. The first kappa shape index (κ1) is 20.9. The SMILES string of the molecule is CC1OCCC1c1ccc(O[Si](c2ccccc2)(c2ccccc2)C(C)(C)C)cc1. The third-order valence-corrected chi connectivity index (χ3v) is 11.3. The third-order valence-electron chi connectivity index (χ3n) is 6.37. The smallest absolute Gasteiger partial charge is 0.319 e. The van der Waals surface area contributed by atoms with Crippen LogP contribution < -0.4 is 14.8 Å². The van der Waals surface area contributed by atoms with Gasteiger partial charge in [0.2, 0.25) is 0 Å². The van der Waals surface area contributed by atoms with Crippen molar-refractivity contribution in [1.82, 2.24) is 0 Å². The molecule has 1 heterocycles. The van der Waals surface area contributed by atoms with Gasteiger partial charge in [-0.1, -0.05) is 93.6 Å². The van der Waals surface area contributed by atoms with Crippen molar-refractivity contribution in [2.45, 2.75) is 51.2 Å². The van der Waals surface area contributed by atoms with Gasteiger partial charge in [0.25, 0.3) is 0 Å². The Hall–Kier alpha value is -2.36. The molecule has 2 unspecified atom stereocenters. The van der Waals surface area contributed by atoms with Gasteiger partial charge in [-0.25, -0.2) is 0 Å². The van der Waals surface area contributed by atoms with Crippen LogP contribution in [-0.2, 0) is 4.74 Å². The summed E-state index contributed by atoms with van der Waals surface area (Å²) < 4.78 is 12.9. The Labute approximate surface area is 182 Å². The normalized spacial score (nSPS) is 19.6. The number of ether oxygens (including phenoxy) is 1. The van der Waals surface area contributed by atoms with Gasteiger partial charge >= 0.3 is 8.32 Å². The molecule has 1 saturated heterocycles. The zero-order valence-corrected chi connectivity index (χ0v) is 19.5. The standard InChI is InChI=1S/C27H32O2Si/c1-21-26(19-20-28-21)22-15-17-23(18-16-22)29-30(27(2,3)4,24-11-7-5-8-12-24)25-13-9-6-10-14-25/h5-18,21,26H,19-20H2,1-4H3. The van der Waals surface area contributed by atoms with Crippen molar-refractivity contribution in [3.8, 4) is 5.75 Å². The van der Waals surface area contributed by atoms with Crippen LogP contribution in [0.15, 0.2) is 84.9 Å². The molecular formula is C27H32O2Si. The lowest BCUT2D eigenvalue weighted by Crippen LogP contribution is -2.68. The summed E-state index contributed by atoms with van der Waals surface area (Å²) in [5.41, 5.74) is 1.34. The highest BCUT2D eigenvalue weighted by Gasteiger charge is 2.52. The van der Waals surface area contributed by atoms with Crippen LogP contribution in [-0.4, -0.2) is 21.0 Å². The van der Waals surface area contributed by atoms with E-state index in [9.17, 15) is 0 Å². The fourth-order valence-electron chi connectivity index (χ4n) is 4.78. The molecule has 0 spiro atoms. The first-order valence-electron chi connectivity index (χ1n) is 10.9. The van der Waals surface area contributed by atoms with Crippen molar-refractivity contribution >= 4 is 18.7 Å². The molecule has 0 N–H and O–H groups in total. The second kappa shape index (κ2) is 8.41. The second-order valence-electron chi connectivity index (χ2n) is 9.31. The monoisotopic (exact) mass is 416 g/mol. The summed E-state index contributed by atoms with van der Waals surface area (Å²) in [7, 11) is -2.58. The molecule has 2 nitrogen and oxygen atoms in total. The van der Waals surface area contributed by atoms with Gasteiger partial charge in [0.1, 0.15) is 5.75 Å². The fourth-order valence-corrected chi connectivity index (χ4v) is 9.20. The Morgan fingerprint density at radius 1 is 0.800 bits per heavy atom. The molecule has 30 heavy (non-hydrogen) atoms. The second-order valence-corrected chi connectivity index (χ2v) is 13.5. The van der Waals surface area contributed by atoms with Crippen LogP contribution in [0.5, 0.6) is 5.75 Å². The zero-order chi connectivity index (χ0) is 21.2. The minimum atomic E-state index is -2.58. The van der Waals surface area contributed by atoms with Gasteiger partial charge in [-0.3, -0.25) is 0 Å². The molecule has 0 aromatic heterocycles. The molecule has 4 rings (SSSR count). The van der Waals surface area contributed by atoms with Crippen LogP contribution in [0.3, 0.4) is 0 Å². The number of rotatable bonds is 5. The van der Waals surface area contributed by atoms with Gasteiger partial charge in [-0.05, 0) is 46.5 Å². The van der Waals surface area contributed by atoms with E-state index in [1.807, 2.05) is 0 Å². The first-order valence-corrected chi connectivity index (χ1v) is 12.8. The van der Waals surface area contributed by atoms with E-state index in [1.54, 1.807) is 0 Å². The Morgan fingerprint density at radius 3 is 1.77 bits per heavy atom. The quantitative estimate of drug-likeness (QED) is 0.510. The first-order chi connectivity index (χ1) is 14.4. The van der Waals surface area contributed by atoms with Crippen molar-refractivity contribution in [3.05, 3.63) is 90.5 Å². The summed E-state index contributed by atoms with van der Waals surface area (Å²) in [6.07, 6.45) is 1.38. The van der Waals surface area contributed by atoms with Crippen LogP contribution in [0.1, 0.15) is 45.6 Å². The van der Waals surface area contributed by atoms with Crippen LogP contribution in [0.4, 0.5) is 0 Å². The summed E-state index contributed by atoms with van der Waals surface area (Å²) in [5.74, 6) is 1.42. The molecule has 0 amide bonds. The number of hydrogen-bond acceptors (Lipinski definition) is 2. The molecule has 3 heteroatoms. The van der Waals surface area contributed by atoms with Crippen molar-refractivity contribution in [1.29, 1.82) is 0 Å². The van der Waals surface area contributed by atoms with Crippen LogP contribution in [0.25, 0.3) is 0 Å². The van der Waals surface area contributed by atoms with Gasteiger partial charge in [0.15, 0.2) is 0 Å². The van der Waals surface area contributed by atoms with E-state index < -0.39 is 8.32 Å². The van der Waals surface area contributed by atoms with Gasteiger partial charge in [-0.2, -0.15) is 0 Å². The average molecular weight is 417 g/mol. The molecule has 1 fully saturated rings. The number of benzene rings is 3. The summed E-state index contributed by atoms with van der Waals surface area (Å²) in [6, 6.07) is 30.3. The van der Waals surface area contributed by atoms with E-state index in [0.29, 0.717) is 5.92 Å². The van der Waals surface area contributed by atoms with Gasteiger partial charge in [0, 0.05) is 12.5 Å². The van der Waals surface area contributed by atoms with E-state index in [1.165, 1.54) is 15.9 Å². The molecule has 1 aliphatic rings. The summed E-state index contributed by atoms with van der Waals surface area (Å²) in [6.45, 7) is 9.96. The average Bonchev–Trinajstić information content (AvgIpc) is 3.19. The molecule has 0 bridgehead atoms. The van der Waals surface area contributed by atoms with E-state index in [0.717, 1.165) is 18.8 Å². The third kappa shape index (κ3) is 3.84. The maximum Gasteiger partial charge on any atom is 0.319 e. The Kier molecular flexibility index (Phi) is 5.85. The van der Waals surface area contributed by atoms with E-state index >= 15 is 0 Å². The van der Waals surface area contributed by atoms with Crippen LogP contribution in [0.2, 0.25) is 5.04 Å². The van der Waals surface area contributed by atoms with E-state index in [-0.39, 0.29) is 11.1 Å². The number of hydrogen-bond donors (Lipinski definition) is 0. The Morgan fingerprint density at radius 2 is 1.33 bits per heavy atom. The lowest BCUT2D eigenvalue weighted by molar-refractivity contribution is 0.118. The van der Waals surface area contributed by atoms with E-state index in [4.69, 9.17) is 9.16 Å². The summed E-state index contributed by atoms with van der Waals surface area (Å²) in [5, 5.41) is 2.55. The highest BCUT2D eigenvalue weighted by Crippen LogP contribution is 2.38. The molecule has 3 aromatic carbocycles. The maximum absolute atomic E-state index is 7.09. The van der Waals surface area contributed by atoms with Gasteiger partial charge in [0.05, 0.1) is 6.10 Å². The highest BCUT2D eigenvalue weighted by atomic mass is 28.4. The lowest BCUT2D eigenvalue weighted by Gasteiger charge is -2.43. The molecule has 2 atom stereocenters. The zero-order valence-electron chi connectivity index (χ0n) is 18.5. The van der Waals surface area contributed by atoms with Crippen molar-refractivity contribution in [2.75, 3.05) is 6.61 Å². The largest absolute Gasteiger partial charge is 0.534 e. The topological polar surface area (TPSA) is 18.5 Å². The Bertz CT molecular complexity index is 906. The lowest BCUT2D eigenvalue weighted by atomic mass is 9.93. The van der Waals surface area contributed by atoms with Crippen LogP contribution >= 0.6 is 0 Å². The molecule has 1 aliphatic heterocycles. The van der Waals surface area contributed by atoms with E-state index in [2.05, 4.69) is 113 Å². The fraction of sp³-hybridized carbons (Fsp3) is 0.333. The summed E-state index contributed by atoms with van der Waals surface area (Å²) in [4.78, 5) is 0. The predicted octanol–water partition coefficient (Wildman–Crippen LogP) is 5.52. The molecule has 0 radical (unpaired) electrons. The molecule has 156 valence electrons. The minimum Gasteiger partial charge on any atom is -0.534 e. The molecule has 0 aliphatic carbocycles. The molecular weight excluding hydrogens is 384 g/mol. The van der Waals surface area contributed by atoms with Crippen LogP contribution in [0, 0.1) is 0 Å². The van der Waals surface area contributed by atoms with Gasteiger partial charge < -0.3 is 9.16 Å². The maximum atomic E-state index is 7.09. The van der Waals surface area contributed by atoms with Gasteiger partial charge in [-0.15, -0.1) is 0 Å². The Balaban J connectivity index is 1.77. The van der Waals surface area contributed by atoms with Crippen molar-refractivity contribution < 1.29 is 9.16 Å². The molecule has 3 aromatic rings. The van der Waals surface area contributed by atoms with Crippen molar-refractivity contribution in [3.63, 3.8) is 0 Å². The predicted molar refractivity (Wildman–Crippen MR) is 127 cm³/mol. The minimum absolute atomic E-state index is 0.0395. The summed E-state index contributed by atoms with van der Waals surface area (Å²) >= 11 is 0.